The molecule has 2 heterocycles. The van der Waals surface area contributed by atoms with E-state index in [0.29, 0.717) is 4.77 Å². The summed E-state index contributed by atoms with van der Waals surface area (Å²) in [6.45, 7) is 4.90. The molecule has 2 rings (SSSR count). The molecule has 0 fully saturated rings. The standard InChI is InChI=1S/C10H13N3OS/c1-3-5-13-9(11-12-10(13)15)8-4-6-14-7(8)2/h4,6H,3,5H2,1-2H3,(H,12,15). The second-order valence-corrected chi connectivity index (χ2v) is 3.78. The number of H-pyrrole nitrogens is 1. The first kappa shape index (κ1) is 10.2. The summed E-state index contributed by atoms with van der Waals surface area (Å²) in [4.78, 5) is 0. The Labute approximate surface area is 92.9 Å². The second kappa shape index (κ2) is 4.02. The highest BCUT2D eigenvalue weighted by molar-refractivity contribution is 7.71. The van der Waals surface area contributed by atoms with Gasteiger partial charge in [-0.15, -0.1) is 0 Å². The Morgan fingerprint density at radius 2 is 2.40 bits per heavy atom. The van der Waals surface area contributed by atoms with Gasteiger partial charge in [0.15, 0.2) is 10.6 Å². The zero-order chi connectivity index (χ0) is 10.8. The van der Waals surface area contributed by atoms with Crippen LogP contribution in [0.2, 0.25) is 0 Å². The molecule has 2 aromatic heterocycles. The van der Waals surface area contributed by atoms with Crippen molar-refractivity contribution in [2.45, 2.75) is 26.8 Å². The molecule has 0 aromatic carbocycles. The third kappa shape index (κ3) is 1.74. The summed E-state index contributed by atoms with van der Waals surface area (Å²) in [5.41, 5.74) is 0.996. The number of hydrogen-bond acceptors (Lipinski definition) is 3. The topological polar surface area (TPSA) is 46.8 Å². The highest BCUT2D eigenvalue weighted by Crippen LogP contribution is 2.22. The SMILES string of the molecule is CCCn1c(-c2ccoc2C)n[nH]c1=S. The minimum absolute atomic E-state index is 0.660. The maximum Gasteiger partial charge on any atom is 0.195 e. The molecule has 0 saturated heterocycles. The molecule has 5 heteroatoms. The lowest BCUT2D eigenvalue weighted by Gasteiger charge is -2.03. The number of furan rings is 1. The molecule has 0 aliphatic rings. The monoisotopic (exact) mass is 223 g/mol. The number of aromatic nitrogens is 3. The van der Waals surface area contributed by atoms with Gasteiger partial charge >= 0.3 is 0 Å². The number of aromatic amines is 1. The van der Waals surface area contributed by atoms with Gasteiger partial charge in [-0.25, -0.2) is 0 Å². The van der Waals surface area contributed by atoms with Crippen LogP contribution in [-0.2, 0) is 6.54 Å². The van der Waals surface area contributed by atoms with Gasteiger partial charge in [0.05, 0.1) is 11.8 Å². The Balaban J connectivity index is 2.54. The van der Waals surface area contributed by atoms with E-state index < -0.39 is 0 Å². The van der Waals surface area contributed by atoms with Gasteiger partial charge in [0, 0.05) is 6.54 Å². The Morgan fingerprint density at radius 3 is 3.00 bits per heavy atom. The Bertz CT molecular complexity index is 509. The molecule has 0 aliphatic heterocycles. The van der Waals surface area contributed by atoms with Crippen LogP contribution in [0.3, 0.4) is 0 Å². The van der Waals surface area contributed by atoms with Gasteiger partial charge in [-0.3, -0.25) is 5.10 Å². The van der Waals surface area contributed by atoms with E-state index in [1.807, 2.05) is 17.6 Å². The summed E-state index contributed by atoms with van der Waals surface area (Å²) in [5.74, 6) is 1.72. The van der Waals surface area contributed by atoms with Crippen molar-refractivity contribution in [1.29, 1.82) is 0 Å². The van der Waals surface area contributed by atoms with E-state index in [9.17, 15) is 0 Å². The first-order valence-electron chi connectivity index (χ1n) is 4.93. The fraction of sp³-hybridized carbons (Fsp3) is 0.400. The molecule has 4 nitrogen and oxygen atoms in total. The van der Waals surface area contributed by atoms with Gasteiger partial charge < -0.3 is 8.98 Å². The average molecular weight is 223 g/mol. The van der Waals surface area contributed by atoms with Gasteiger partial charge in [-0.05, 0) is 31.6 Å². The van der Waals surface area contributed by atoms with Gasteiger partial charge in [-0.2, -0.15) is 5.10 Å². The van der Waals surface area contributed by atoms with E-state index in [1.54, 1.807) is 6.26 Å². The minimum atomic E-state index is 0.660. The fourth-order valence-corrected chi connectivity index (χ4v) is 1.79. The molecule has 0 bridgehead atoms. The van der Waals surface area contributed by atoms with Crippen molar-refractivity contribution in [1.82, 2.24) is 14.8 Å². The van der Waals surface area contributed by atoms with Gasteiger partial charge in [0.1, 0.15) is 5.76 Å². The molecule has 0 radical (unpaired) electrons. The predicted molar refractivity (Wildman–Crippen MR) is 60.1 cm³/mol. The van der Waals surface area contributed by atoms with E-state index in [0.717, 1.165) is 30.1 Å². The Kier molecular flexibility index (Phi) is 2.73. The van der Waals surface area contributed by atoms with Crippen LogP contribution in [0, 0.1) is 11.7 Å². The summed E-state index contributed by atoms with van der Waals surface area (Å²) in [6, 6.07) is 1.91. The summed E-state index contributed by atoms with van der Waals surface area (Å²) in [7, 11) is 0. The van der Waals surface area contributed by atoms with Crippen LogP contribution in [0.5, 0.6) is 0 Å². The fourth-order valence-electron chi connectivity index (χ4n) is 1.57. The second-order valence-electron chi connectivity index (χ2n) is 3.39. The Hall–Kier alpha value is -1.36. The van der Waals surface area contributed by atoms with Crippen LogP contribution >= 0.6 is 12.2 Å². The number of nitrogens with zero attached hydrogens (tertiary/aromatic N) is 2. The zero-order valence-corrected chi connectivity index (χ0v) is 9.60. The third-order valence-corrected chi connectivity index (χ3v) is 2.62. The molecule has 0 saturated carbocycles. The minimum Gasteiger partial charge on any atom is -0.469 e. The smallest absolute Gasteiger partial charge is 0.195 e. The van der Waals surface area contributed by atoms with Gasteiger partial charge in [0.25, 0.3) is 0 Å². The quantitative estimate of drug-likeness (QED) is 0.814. The molecule has 0 spiro atoms. The highest BCUT2D eigenvalue weighted by Gasteiger charge is 2.12. The summed E-state index contributed by atoms with van der Waals surface area (Å²) < 4.78 is 7.91. The molecule has 0 unspecified atom stereocenters. The van der Waals surface area contributed by atoms with Crippen LogP contribution in [0.15, 0.2) is 16.7 Å². The zero-order valence-electron chi connectivity index (χ0n) is 8.78. The molecular formula is C10H13N3OS. The largest absolute Gasteiger partial charge is 0.469 e. The van der Waals surface area contributed by atoms with Crippen molar-refractivity contribution in [3.05, 3.63) is 22.9 Å². The van der Waals surface area contributed by atoms with E-state index in [1.165, 1.54) is 0 Å². The van der Waals surface area contributed by atoms with Crippen LogP contribution in [0.25, 0.3) is 11.4 Å². The van der Waals surface area contributed by atoms with Crippen molar-refractivity contribution in [2.75, 3.05) is 0 Å². The molecule has 0 amide bonds. The maximum absolute atomic E-state index is 5.26. The predicted octanol–water partition coefficient (Wildman–Crippen LogP) is 2.92. The van der Waals surface area contributed by atoms with E-state index in [4.69, 9.17) is 16.6 Å². The van der Waals surface area contributed by atoms with Crippen LogP contribution in [0.4, 0.5) is 0 Å². The normalized spacial score (nSPS) is 10.8. The van der Waals surface area contributed by atoms with Crippen LogP contribution < -0.4 is 0 Å². The number of nitrogens with one attached hydrogen (secondary N) is 1. The van der Waals surface area contributed by atoms with E-state index in [-0.39, 0.29) is 0 Å². The van der Waals surface area contributed by atoms with Crippen molar-refractivity contribution < 1.29 is 4.42 Å². The van der Waals surface area contributed by atoms with E-state index >= 15 is 0 Å². The Morgan fingerprint density at radius 1 is 1.60 bits per heavy atom. The summed E-state index contributed by atoms with van der Waals surface area (Å²) in [5, 5.41) is 7.04. The van der Waals surface area contributed by atoms with Crippen molar-refractivity contribution >= 4 is 12.2 Å². The average Bonchev–Trinajstić information content (AvgIpc) is 2.76. The molecule has 15 heavy (non-hydrogen) atoms. The molecule has 0 aliphatic carbocycles. The number of aryl methyl sites for hydroxylation is 1. The molecule has 1 N–H and O–H groups in total. The van der Waals surface area contributed by atoms with Gasteiger partial charge in [-0.1, -0.05) is 6.92 Å². The third-order valence-electron chi connectivity index (χ3n) is 2.31. The maximum atomic E-state index is 5.26. The number of rotatable bonds is 3. The first-order valence-corrected chi connectivity index (χ1v) is 5.34. The lowest BCUT2D eigenvalue weighted by atomic mass is 10.2. The highest BCUT2D eigenvalue weighted by atomic mass is 32.1. The first-order chi connectivity index (χ1) is 7.24. The molecular weight excluding hydrogens is 210 g/mol. The van der Waals surface area contributed by atoms with Crippen LogP contribution in [-0.4, -0.2) is 14.8 Å². The van der Waals surface area contributed by atoms with Crippen LogP contribution in [0.1, 0.15) is 19.1 Å². The molecule has 80 valence electrons. The van der Waals surface area contributed by atoms with Crippen molar-refractivity contribution in [3.8, 4) is 11.4 Å². The molecule has 0 atom stereocenters. The van der Waals surface area contributed by atoms with E-state index in [2.05, 4.69) is 17.1 Å². The lowest BCUT2D eigenvalue weighted by Crippen LogP contribution is -1.99. The van der Waals surface area contributed by atoms with Gasteiger partial charge in [0.2, 0.25) is 0 Å². The summed E-state index contributed by atoms with van der Waals surface area (Å²) >= 11 is 5.17. The summed E-state index contributed by atoms with van der Waals surface area (Å²) in [6.07, 6.45) is 2.69. The van der Waals surface area contributed by atoms with Crippen molar-refractivity contribution in [3.63, 3.8) is 0 Å². The molecule has 2 aromatic rings. The van der Waals surface area contributed by atoms with Crippen molar-refractivity contribution in [2.24, 2.45) is 0 Å². The lowest BCUT2D eigenvalue weighted by molar-refractivity contribution is 0.534. The number of hydrogen-bond donors (Lipinski definition) is 1.